The molecule has 4 nitrogen and oxygen atoms in total. The highest BCUT2D eigenvalue weighted by atomic mass is 35.5. The fourth-order valence-electron chi connectivity index (χ4n) is 2.59. The van der Waals surface area contributed by atoms with Gasteiger partial charge in [0, 0.05) is 22.4 Å². The molecular weight excluding hydrogens is 374 g/mol. The Hall–Kier alpha value is -3.42. The van der Waals surface area contributed by atoms with Gasteiger partial charge in [0.25, 0.3) is 5.91 Å². The fourth-order valence-corrected chi connectivity index (χ4v) is 2.88. The van der Waals surface area contributed by atoms with Crippen molar-refractivity contribution in [3.05, 3.63) is 88.4 Å². The fraction of sp³-hybridized carbons (Fsp3) is 0.0870. The summed E-state index contributed by atoms with van der Waals surface area (Å²) in [6.45, 7) is 0. The lowest BCUT2D eigenvalue weighted by Gasteiger charge is -2.12. The molecule has 5 heteroatoms. The van der Waals surface area contributed by atoms with Gasteiger partial charge in [-0.2, -0.15) is 0 Å². The Labute approximate surface area is 169 Å². The lowest BCUT2D eigenvalue weighted by molar-refractivity contribution is 0.102. The zero-order valence-electron chi connectivity index (χ0n) is 15.5. The van der Waals surface area contributed by atoms with Gasteiger partial charge >= 0.3 is 0 Å². The van der Waals surface area contributed by atoms with Crippen molar-refractivity contribution in [2.45, 2.75) is 0 Å². The normalized spacial score (nSPS) is 9.82. The summed E-state index contributed by atoms with van der Waals surface area (Å²) < 4.78 is 10.4. The van der Waals surface area contributed by atoms with E-state index in [1.54, 1.807) is 12.1 Å². The van der Waals surface area contributed by atoms with Crippen LogP contribution >= 0.6 is 11.6 Å². The van der Waals surface area contributed by atoms with Crippen LogP contribution in [0.15, 0.2) is 66.7 Å². The average Bonchev–Trinajstić information content (AvgIpc) is 2.72. The number of halogens is 1. The molecule has 28 heavy (non-hydrogen) atoms. The number of ether oxygens (including phenoxy) is 2. The Morgan fingerprint density at radius 2 is 1.61 bits per heavy atom. The number of amides is 1. The first-order valence-electron chi connectivity index (χ1n) is 8.50. The maximum atomic E-state index is 12.6. The summed E-state index contributed by atoms with van der Waals surface area (Å²) in [4.78, 5) is 12.6. The Bertz CT molecular complexity index is 1050. The summed E-state index contributed by atoms with van der Waals surface area (Å²) in [6.07, 6.45) is 0. The first-order chi connectivity index (χ1) is 13.6. The van der Waals surface area contributed by atoms with Crippen molar-refractivity contribution < 1.29 is 14.3 Å². The number of carbonyl (C=O) groups is 1. The number of hydrogen-bond donors (Lipinski definition) is 1. The Morgan fingerprint density at radius 3 is 2.32 bits per heavy atom. The second-order valence-electron chi connectivity index (χ2n) is 5.84. The largest absolute Gasteiger partial charge is 0.493 e. The molecule has 0 atom stereocenters. The summed E-state index contributed by atoms with van der Waals surface area (Å²) in [5.74, 6) is 6.67. The number of benzene rings is 3. The SMILES string of the molecule is COc1cc(C(=O)Nc2cccc(C#Cc3ccccc3)c2)cc(Cl)c1OC. The van der Waals surface area contributed by atoms with Gasteiger partial charge in [0.15, 0.2) is 11.5 Å². The Morgan fingerprint density at radius 1 is 0.893 bits per heavy atom. The van der Waals surface area contributed by atoms with Gasteiger partial charge in [-0.05, 0) is 42.5 Å². The van der Waals surface area contributed by atoms with Crippen molar-refractivity contribution in [1.82, 2.24) is 0 Å². The van der Waals surface area contributed by atoms with Crippen LogP contribution in [-0.2, 0) is 0 Å². The van der Waals surface area contributed by atoms with Crippen LogP contribution in [0.3, 0.4) is 0 Å². The minimum atomic E-state index is -0.309. The maximum absolute atomic E-state index is 12.6. The van der Waals surface area contributed by atoms with E-state index in [4.69, 9.17) is 21.1 Å². The summed E-state index contributed by atoms with van der Waals surface area (Å²) >= 11 is 6.18. The lowest BCUT2D eigenvalue weighted by atomic mass is 10.1. The van der Waals surface area contributed by atoms with Crippen LogP contribution in [0.4, 0.5) is 5.69 Å². The highest BCUT2D eigenvalue weighted by Gasteiger charge is 2.15. The van der Waals surface area contributed by atoms with E-state index in [1.807, 2.05) is 48.5 Å². The molecule has 0 heterocycles. The zero-order valence-corrected chi connectivity index (χ0v) is 16.2. The molecule has 0 saturated carbocycles. The number of carbonyl (C=O) groups excluding carboxylic acids is 1. The first-order valence-corrected chi connectivity index (χ1v) is 8.88. The quantitative estimate of drug-likeness (QED) is 0.636. The van der Waals surface area contributed by atoms with Crippen molar-refractivity contribution in [2.24, 2.45) is 0 Å². The monoisotopic (exact) mass is 391 g/mol. The second kappa shape index (κ2) is 8.98. The maximum Gasteiger partial charge on any atom is 0.255 e. The molecule has 3 rings (SSSR count). The van der Waals surface area contributed by atoms with E-state index < -0.39 is 0 Å². The summed E-state index contributed by atoms with van der Waals surface area (Å²) in [5, 5.41) is 3.15. The molecule has 0 aliphatic rings. The van der Waals surface area contributed by atoms with Gasteiger partial charge in [-0.1, -0.05) is 47.7 Å². The van der Waals surface area contributed by atoms with Crippen LogP contribution in [0.5, 0.6) is 11.5 Å². The van der Waals surface area contributed by atoms with Crippen molar-refractivity contribution >= 4 is 23.2 Å². The van der Waals surface area contributed by atoms with E-state index in [0.29, 0.717) is 27.8 Å². The van der Waals surface area contributed by atoms with E-state index >= 15 is 0 Å². The molecule has 1 N–H and O–H groups in total. The van der Waals surface area contributed by atoms with Crippen LogP contribution in [-0.4, -0.2) is 20.1 Å². The molecule has 0 aromatic heterocycles. The highest BCUT2D eigenvalue weighted by Crippen LogP contribution is 2.36. The van der Waals surface area contributed by atoms with Crippen LogP contribution in [0.2, 0.25) is 5.02 Å². The summed E-state index contributed by atoms with van der Waals surface area (Å²) in [7, 11) is 2.98. The van der Waals surface area contributed by atoms with Crippen LogP contribution in [0.1, 0.15) is 21.5 Å². The van der Waals surface area contributed by atoms with Gasteiger partial charge < -0.3 is 14.8 Å². The molecule has 0 aliphatic carbocycles. The number of methoxy groups -OCH3 is 2. The number of anilines is 1. The Kier molecular flexibility index (Phi) is 6.21. The average molecular weight is 392 g/mol. The molecule has 0 bridgehead atoms. The van der Waals surface area contributed by atoms with Crippen molar-refractivity contribution in [3.63, 3.8) is 0 Å². The predicted molar refractivity (Wildman–Crippen MR) is 111 cm³/mol. The third-order valence-electron chi connectivity index (χ3n) is 3.94. The second-order valence-corrected chi connectivity index (χ2v) is 6.25. The molecule has 0 aliphatic heterocycles. The van der Waals surface area contributed by atoms with Gasteiger partial charge in [0.05, 0.1) is 19.2 Å². The zero-order chi connectivity index (χ0) is 19.9. The minimum Gasteiger partial charge on any atom is -0.493 e. The number of nitrogens with one attached hydrogen (secondary N) is 1. The topological polar surface area (TPSA) is 47.6 Å². The van der Waals surface area contributed by atoms with E-state index in [9.17, 15) is 4.79 Å². The van der Waals surface area contributed by atoms with E-state index in [2.05, 4.69) is 17.2 Å². The summed E-state index contributed by atoms with van der Waals surface area (Å²) in [6, 6.07) is 20.2. The van der Waals surface area contributed by atoms with E-state index in [1.165, 1.54) is 20.3 Å². The van der Waals surface area contributed by atoms with Crippen LogP contribution in [0, 0.1) is 11.8 Å². The third-order valence-corrected chi connectivity index (χ3v) is 4.22. The minimum absolute atomic E-state index is 0.300. The van der Waals surface area contributed by atoms with Crippen LogP contribution < -0.4 is 14.8 Å². The van der Waals surface area contributed by atoms with Crippen LogP contribution in [0.25, 0.3) is 0 Å². The van der Waals surface area contributed by atoms with Gasteiger partial charge in [-0.25, -0.2) is 0 Å². The van der Waals surface area contributed by atoms with Gasteiger partial charge in [0.1, 0.15) is 0 Å². The molecule has 3 aromatic rings. The smallest absolute Gasteiger partial charge is 0.255 e. The molecular formula is C23H18ClNO3. The Balaban J connectivity index is 1.80. The number of hydrogen-bond acceptors (Lipinski definition) is 3. The van der Waals surface area contributed by atoms with E-state index in [0.717, 1.165) is 11.1 Å². The molecule has 0 saturated heterocycles. The van der Waals surface area contributed by atoms with Crippen molar-refractivity contribution in [1.29, 1.82) is 0 Å². The molecule has 0 unspecified atom stereocenters. The van der Waals surface area contributed by atoms with E-state index in [-0.39, 0.29) is 5.91 Å². The standard InChI is InChI=1S/C23H18ClNO3/c1-27-21-15-18(14-20(24)22(21)28-2)23(26)25-19-10-6-9-17(13-19)12-11-16-7-4-3-5-8-16/h3-10,13-15H,1-2H3,(H,25,26). The molecule has 0 radical (unpaired) electrons. The van der Waals surface area contributed by atoms with Gasteiger partial charge in [-0.3, -0.25) is 4.79 Å². The van der Waals surface area contributed by atoms with Crippen molar-refractivity contribution in [3.8, 4) is 23.3 Å². The first kappa shape index (κ1) is 19.3. The molecule has 3 aromatic carbocycles. The van der Waals surface area contributed by atoms with Gasteiger partial charge in [0.2, 0.25) is 0 Å². The molecule has 140 valence electrons. The van der Waals surface area contributed by atoms with Crippen molar-refractivity contribution in [2.75, 3.05) is 19.5 Å². The predicted octanol–water partition coefficient (Wildman–Crippen LogP) is 5.01. The van der Waals surface area contributed by atoms with Gasteiger partial charge in [-0.15, -0.1) is 0 Å². The molecule has 1 amide bonds. The highest BCUT2D eigenvalue weighted by molar-refractivity contribution is 6.32. The lowest BCUT2D eigenvalue weighted by Crippen LogP contribution is -2.12. The number of rotatable bonds is 4. The summed E-state index contributed by atoms with van der Waals surface area (Å²) in [5.41, 5.74) is 2.73. The molecule has 0 fully saturated rings. The molecule has 0 spiro atoms. The third kappa shape index (κ3) is 4.64.